The molecule has 1 aromatic carbocycles. The van der Waals surface area contributed by atoms with Crippen molar-refractivity contribution in [3.8, 4) is 0 Å². The van der Waals surface area contributed by atoms with E-state index in [1.807, 2.05) is 11.9 Å². The maximum atomic E-state index is 13.2. The monoisotopic (exact) mass is 372 g/mol. The lowest BCUT2D eigenvalue weighted by Crippen LogP contribution is -2.47. The predicted octanol–water partition coefficient (Wildman–Crippen LogP) is 2.31. The molecular weight excluding hydrogens is 347 g/mol. The molecule has 0 radical (unpaired) electrons. The van der Waals surface area contributed by atoms with Crippen molar-refractivity contribution in [2.24, 2.45) is 0 Å². The van der Waals surface area contributed by atoms with Crippen LogP contribution in [0.1, 0.15) is 19.3 Å². The van der Waals surface area contributed by atoms with Crippen LogP contribution < -0.4 is 4.90 Å². The van der Waals surface area contributed by atoms with Crippen LogP contribution in [0.5, 0.6) is 0 Å². The van der Waals surface area contributed by atoms with Crippen LogP contribution in [0.4, 0.5) is 10.1 Å². The first-order valence-electron chi connectivity index (χ1n) is 9.41. The van der Waals surface area contributed by atoms with E-state index < -0.39 is 0 Å². The number of amides is 1. The van der Waals surface area contributed by atoms with E-state index in [0.29, 0.717) is 13.2 Å². The third-order valence-electron chi connectivity index (χ3n) is 5.88. The lowest BCUT2D eigenvalue weighted by molar-refractivity contribution is -0.136. The minimum atomic E-state index is -0.223. The first-order chi connectivity index (χ1) is 13.0. The number of aromatic nitrogens is 2. The van der Waals surface area contributed by atoms with Crippen molar-refractivity contribution in [2.75, 3.05) is 31.6 Å². The third-order valence-corrected chi connectivity index (χ3v) is 5.88. The summed E-state index contributed by atoms with van der Waals surface area (Å²) in [5.74, 6) is -0.0974. The Hall–Kier alpha value is -2.41. The lowest BCUT2D eigenvalue weighted by atomic mass is 9.87. The van der Waals surface area contributed by atoms with Gasteiger partial charge in [0.1, 0.15) is 12.4 Å². The Labute approximate surface area is 158 Å². The number of carbonyl (C=O) groups excluding carboxylic acids is 1. The molecule has 2 fully saturated rings. The molecule has 1 amide bonds. The first-order valence-corrected chi connectivity index (χ1v) is 9.41. The lowest BCUT2D eigenvalue weighted by Gasteiger charge is -2.39. The molecule has 1 atom stereocenters. The molecule has 2 aromatic rings. The second-order valence-corrected chi connectivity index (χ2v) is 7.56. The van der Waals surface area contributed by atoms with Crippen LogP contribution in [-0.4, -0.2) is 58.7 Å². The molecule has 2 aliphatic rings. The molecule has 3 heterocycles. The van der Waals surface area contributed by atoms with Gasteiger partial charge in [0, 0.05) is 38.2 Å². The zero-order chi connectivity index (χ0) is 18.9. The fraction of sp³-hybridized carbons (Fsp3) is 0.500. The van der Waals surface area contributed by atoms with Gasteiger partial charge in [-0.05, 0) is 43.5 Å². The average molecular weight is 372 g/mol. The zero-order valence-corrected chi connectivity index (χ0v) is 15.6. The van der Waals surface area contributed by atoms with Crippen molar-refractivity contribution in [1.29, 1.82) is 0 Å². The standard InChI is InChI=1S/C20H25FN4O2/c1-23(17-4-2-16(21)3-5-17)18-12-20(27-14-18)6-9-25(10-7-20)19(26)13-24-11-8-22-15-24/h2-5,8,11,15,18H,6-7,9-10,12-14H2,1H3/t18-/m1/s1. The highest BCUT2D eigenvalue weighted by Crippen LogP contribution is 2.38. The molecule has 4 rings (SSSR count). The van der Waals surface area contributed by atoms with Crippen molar-refractivity contribution in [1.82, 2.24) is 14.5 Å². The van der Waals surface area contributed by atoms with Gasteiger partial charge in [-0.25, -0.2) is 9.37 Å². The topological polar surface area (TPSA) is 50.6 Å². The quantitative estimate of drug-likeness (QED) is 0.827. The van der Waals surface area contributed by atoms with Crippen LogP contribution >= 0.6 is 0 Å². The largest absolute Gasteiger partial charge is 0.373 e. The van der Waals surface area contributed by atoms with E-state index in [2.05, 4.69) is 9.88 Å². The van der Waals surface area contributed by atoms with Gasteiger partial charge in [0.05, 0.1) is 24.6 Å². The average Bonchev–Trinajstić information content (AvgIpc) is 3.33. The highest BCUT2D eigenvalue weighted by Gasteiger charge is 2.44. The Balaban J connectivity index is 1.32. The molecule has 0 aliphatic carbocycles. The van der Waals surface area contributed by atoms with Gasteiger partial charge >= 0.3 is 0 Å². The summed E-state index contributed by atoms with van der Waals surface area (Å²) >= 11 is 0. The van der Waals surface area contributed by atoms with Gasteiger partial charge in [0.15, 0.2) is 0 Å². The summed E-state index contributed by atoms with van der Waals surface area (Å²) in [6.07, 6.45) is 7.80. The van der Waals surface area contributed by atoms with E-state index in [4.69, 9.17) is 4.74 Å². The number of halogens is 1. The van der Waals surface area contributed by atoms with Gasteiger partial charge in [-0.2, -0.15) is 0 Å². The normalized spacial score (nSPS) is 21.6. The Bertz CT molecular complexity index is 770. The number of anilines is 1. The minimum Gasteiger partial charge on any atom is -0.373 e. The molecule has 0 N–H and O–H groups in total. The molecule has 27 heavy (non-hydrogen) atoms. The summed E-state index contributed by atoms with van der Waals surface area (Å²) in [6.45, 7) is 2.45. The number of piperidine rings is 1. The Morgan fingerprint density at radius 1 is 1.33 bits per heavy atom. The summed E-state index contributed by atoms with van der Waals surface area (Å²) in [7, 11) is 2.03. The van der Waals surface area contributed by atoms with Gasteiger partial charge in [0.25, 0.3) is 0 Å². The molecule has 1 spiro atoms. The number of benzene rings is 1. The van der Waals surface area contributed by atoms with Crippen molar-refractivity contribution >= 4 is 11.6 Å². The van der Waals surface area contributed by atoms with E-state index in [-0.39, 0.29) is 23.4 Å². The van der Waals surface area contributed by atoms with E-state index in [1.165, 1.54) is 12.1 Å². The van der Waals surface area contributed by atoms with E-state index in [0.717, 1.165) is 38.0 Å². The van der Waals surface area contributed by atoms with Crippen LogP contribution in [0, 0.1) is 5.82 Å². The third kappa shape index (κ3) is 3.83. The minimum absolute atomic E-state index is 0.126. The predicted molar refractivity (Wildman–Crippen MR) is 99.9 cm³/mol. The number of hydrogen-bond acceptors (Lipinski definition) is 4. The van der Waals surface area contributed by atoms with E-state index in [9.17, 15) is 9.18 Å². The summed E-state index contributed by atoms with van der Waals surface area (Å²) in [4.78, 5) is 20.5. The van der Waals surface area contributed by atoms with Gasteiger partial charge in [-0.3, -0.25) is 4.79 Å². The number of nitrogens with zero attached hydrogens (tertiary/aromatic N) is 4. The summed E-state index contributed by atoms with van der Waals surface area (Å²) < 4.78 is 21.2. The maximum absolute atomic E-state index is 13.2. The number of carbonyl (C=O) groups is 1. The number of likely N-dealkylation sites (N-methyl/N-ethyl adjacent to an activating group) is 1. The van der Waals surface area contributed by atoms with E-state index >= 15 is 0 Å². The molecule has 0 unspecified atom stereocenters. The molecule has 2 aliphatic heterocycles. The Kier molecular flexibility index (Phi) is 4.86. The molecule has 7 heteroatoms. The van der Waals surface area contributed by atoms with Crippen LogP contribution in [-0.2, 0) is 16.1 Å². The molecule has 144 valence electrons. The number of imidazole rings is 1. The molecule has 2 saturated heterocycles. The second-order valence-electron chi connectivity index (χ2n) is 7.56. The molecule has 0 saturated carbocycles. The fourth-order valence-corrected chi connectivity index (χ4v) is 4.10. The molecule has 1 aromatic heterocycles. The molecule has 0 bridgehead atoms. The van der Waals surface area contributed by atoms with Gasteiger partial charge in [-0.15, -0.1) is 0 Å². The van der Waals surface area contributed by atoms with Crippen molar-refractivity contribution in [3.63, 3.8) is 0 Å². The highest BCUT2D eigenvalue weighted by molar-refractivity contribution is 5.76. The second kappa shape index (κ2) is 7.31. The van der Waals surface area contributed by atoms with Crippen LogP contribution in [0.2, 0.25) is 0 Å². The van der Waals surface area contributed by atoms with Crippen LogP contribution in [0.3, 0.4) is 0 Å². The summed E-state index contributed by atoms with van der Waals surface area (Å²) in [5, 5.41) is 0. The maximum Gasteiger partial charge on any atom is 0.242 e. The van der Waals surface area contributed by atoms with Crippen molar-refractivity contribution in [3.05, 3.63) is 48.8 Å². The van der Waals surface area contributed by atoms with Crippen molar-refractivity contribution < 1.29 is 13.9 Å². The zero-order valence-electron chi connectivity index (χ0n) is 15.6. The number of likely N-dealkylation sites (tertiary alicyclic amines) is 1. The summed E-state index contributed by atoms with van der Waals surface area (Å²) in [5.41, 5.74) is 0.847. The van der Waals surface area contributed by atoms with Gasteiger partial charge in [-0.1, -0.05) is 0 Å². The first kappa shape index (κ1) is 18.0. The van der Waals surface area contributed by atoms with Crippen LogP contribution in [0.25, 0.3) is 0 Å². The Morgan fingerprint density at radius 2 is 2.07 bits per heavy atom. The number of hydrogen-bond donors (Lipinski definition) is 0. The van der Waals surface area contributed by atoms with Crippen LogP contribution in [0.15, 0.2) is 43.0 Å². The highest BCUT2D eigenvalue weighted by atomic mass is 19.1. The SMILES string of the molecule is CN(c1ccc(F)cc1)[C@H]1COC2(CCN(C(=O)Cn3ccnc3)CC2)C1. The molecular formula is C20H25FN4O2. The Morgan fingerprint density at radius 3 is 2.74 bits per heavy atom. The van der Waals surface area contributed by atoms with Crippen molar-refractivity contribution in [2.45, 2.75) is 37.5 Å². The van der Waals surface area contributed by atoms with Gasteiger partial charge < -0.3 is 19.1 Å². The number of ether oxygens (including phenoxy) is 1. The van der Waals surface area contributed by atoms with E-state index in [1.54, 1.807) is 35.4 Å². The fourth-order valence-electron chi connectivity index (χ4n) is 4.10. The summed E-state index contributed by atoms with van der Waals surface area (Å²) in [6, 6.07) is 6.85. The number of rotatable bonds is 4. The smallest absolute Gasteiger partial charge is 0.242 e. The van der Waals surface area contributed by atoms with Gasteiger partial charge in [0.2, 0.25) is 5.91 Å². The molecule has 6 nitrogen and oxygen atoms in total.